The minimum Gasteiger partial charge on any atom is -0.245 e. The predicted octanol–water partition coefficient (Wildman–Crippen LogP) is 5.08. The molecule has 0 unspecified atom stereocenters. The second-order valence-electron chi connectivity index (χ2n) is 3.11. The molecule has 2 aromatic rings. The molecular formula is C10H4Cl2F2IN. The highest BCUT2D eigenvalue weighted by molar-refractivity contribution is 14.1. The van der Waals surface area contributed by atoms with Crippen LogP contribution in [-0.2, 0) is 0 Å². The quantitative estimate of drug-likeness (QED) is 0.635. The average molecular weight is 374 g/mol. The highest BCUT2D eigenvalue weighted by Crippen LogP contribution is 2.32. The number of aromatic nitrogens is 1. The summed E-state index contributed by atoms with van der Waals surface area (Å²) in [4.78, 5) is 3.81. The maximum Gasteiger partial charge on any atom is 0.280 e. The summed E-state index contributed by atoms with van der Waals surface area (Å²) in [5.41, 5.74) is -0.0505. The van der Waals surface area contributed by atoms with Crippen LogP contribution in [0.4, 0.5) is 8.78 Å². The number of benzene rings is 1. The number of nitrogens with zero attached hydrogens (tertiary/aromatic N) is 1. The SMILES string of the molecule is FC(F)c1cc(Cl)c2cc(I)cc(Cl)c2n1. The maximum atomic E-state index is 12.5. The van der Waals surface area contributed by atoms with Crippen molar-refractivity contribution < 1.29 is 8.78 Å². The normalized spacial score (nSPS) is 11.4. The van der Waals surface area contributed by atoms with Gasteiger partial charge in [0.2, 0.25) is 0 Å². The van der Waals surface area contributed by atoms with E-state index in [9.17, 15) is 8.78 Å². The van der Waals surface area contributed by atoms with E-state index in [0.717, 1.165) is 3.57 Å². The minimum absolute atomic E-state index is 0.237. The maximum absolute atomic E-state index is 12.5. The fourth-order valence-electron chi connectivity index (χ4n) is 1.34. The lowest BCUT2D eigenvalue weighted by Gasteiger charge is -2.06. The summed E-state index contributed by atoms with van der Waals surface area (Å²) in [6.45, 7) is 0. The largest absolute Gasteiger partial charge is 0.280 e. The number of rotatable bonds is 1. The molecule has 1 aromatic heterocycles. The molecule has 0 aliphatic carbocycles. The third kappa shape index (κ3) is 2.24. The highest BCUT2D eigenvalue weighted by Gasteiger charge is 2.14. The van der Waals surface area contributed by atoms with Crippen LogP contribution in [0.2, 0.25) is 10.0 Å². The van der Waals surface area contributed by atoms with Gasteiger partial charge in [0.25, 0.3) is 6.43 Å². The van der Waals surface area contributed by atoms with E-state index in [1.165, 1.54) is 6.07 Å². The lowest BCUT2D eigenvalue weighted by molar-refractivity contribution is 0.146. The van der Waals surface area contributed by atoms with Crippen LogP contribution in [0.15, 0.2) is 18.2 Å². The summed E-state index contributed by atoms with van der Waals surface area (Å²) in [5, 5.41) is 1.15. The van der Waals surface area contributed by atoms with Crippen molar-refractivity contribution in [1.29, 1.82) is 0 Å². The van der Waals surface area contributed by atoms with Crippen LogP contribution in [-0.4, -0.2) is 4.98 Å². The van der Waals surface area contributed by atoms with Crippen LogP contribution in [0.1, 0.15) is 12.1 Å². The first-order valence-corrected chi connectivity index (χ1v) is 6.06. The van der Waals surface area contributed by atoms with E-state index >= 15 is 0 Å². The standard InChI is InChI=1S/C10H4Cl2F2IN/c11-6-3-8(10(13)14)16-9-5(6)1-4(15)2-7(9)12/h1-3,10H. The Balaban J connectivity index is 2.82. The molecule has 84 valence electrons. The van der Waals surface area contributed by atoms with Gasteiger partial charge >= 0.3 is 0 Å². The Hall–Kier alpha value is -0.200. The molecule has 0 saturated heterocycles. The van der Waals surface area contributed by atoms with Crippen LogP contribution in [0.3, 0.4) is 0 Å². The third-order valence-corrected chi connectivity index (χ3v) is 3.25. The van der Waals surface area contributed by atoms with Gasteiger partial charge in [-0.25, -0.2) is 13.8 Å². The molecule has 1 nitrogen and oxygen atoms in total. The molecular weight excluding hydrogens is 370 g/mol. The van der Waals surface area contributed by atoms with Gasteiger partial charge in [-0.2, -0.15) is 0 Å². The molecule has 0 atom stereocenters. The molecule has 6 heteroatoms. The second-order valence-corrected chi connectivity index (χ2v) is 5.17. The lowest BCUT2D eigenvalue weighted by atomic mass is 10.2. The Bertz CT molecular complexity index is 560. The fourth-order valence-corrected chi connectivity index (χ4v) is 2.67. The number of pyridine rings is 1. The highest BCUT2D eigenvalue weighted by atomic mass is 127. The van der Waals surface area contributed by atoms with Gasteiger partial charge in [0.05, 0.1) is 15.6 Å². The number of alkyl halides is 2. The molecule has 0 amide bonds. The topological polar surface area (TPSA) is 12.9 Å². The van der Waals surface area contributed by atoms with Gasteiger partial charge in [-0.3, -0.25) is 0 Å². The Morgan fingerprint density at radius 2 is 1.81 bits per heavy atom. The number of halogens is 5. The van der Waals surface area contributed by atoms with Crippen LogP contribution in [0, 0.1) is 3.57 Å². The first-order chi connectivity index (χ1) is 7.49. The van der Waals surface area contributed by atoms with Crippen molar-refractivity contribution in [3.8, 4) is 0 Å². The molecule has 0 aliphatic heterocycles. The van der Waals surface area contributed by atoms with Crippen molar-refractivity contribution in [2.75, 3.05) is 0 Å². The summed E-state index contributed by atoms with van der Waals surface area (Å²) in [6, 6.07) is 4.58. The molecule has 16 heavy (non-hydrogen) atoms. The van der Waals surface area contributed by atoms with Crippen molar-refractivity contribution in [3.63, 3.8) is 0 Å². The number of hydrogen-bond acceptors (Lipinski definition) is 1. The summed E-state index contributed by atoms with van der Waals surface area (Å²) < 4.78 is 25.9. The number of fused-ring (bicyclic) bond motifs is 1. The Morgan fingerprint density at radius 1 is 1.12 bits per heavy atom. The zero-order valence-electron chi connectivity index (χ0n) is 7.65. The summed E-state index contributed by atoms with van der Waals surface area (Å²) in [6.07, 6.45) is -2.66. The van der Waals surface area contributed by atoms with Gasteiger partial charge in [0, 0.05) is 8.96 Å². The molecule has 0 radical (unpaired) electrons. The van der Waals surface area contributed by atoms with Gasteiger partial charge in [-0.1, -0.05) is 23.2 Å². The van der Waals surface area contributed by atoms with Crippen molar-refractivity contribution in [2.45, 2.75) is 6.43 Å². The Labute approximate surface area is 114 Å². The van der Waals surface area contributed by atoms with Crippen molar-refractivity contribution in [1.82, 2.24) is 4.98 Å². The van der Waals surface area contributed by atoms with Crippen LogP contribution < -0.4 is 0 Å². The first kappa shape index (κ1) is 12.3. The van der Waals surface area contributed by atoms with Gasteiger partial charge in [0.15, 0.2) is 0 Å². The summed E-state index contributed by atoms with van der Waals surface area (Å²) in [5.74, 6) is 0. The van der Waals surface area contributed by atoms with Crippen LogP contribution >= 0.6 is 45.8 Å². The molecule has 0 bridgehead atoms. The number of hydrogen-bond donors (Lipinski definition) is 0. The van der Waals surface area contributed by atoms with E-state index < -0.39 is 6.43 Å². The molecule has 1 heterocycles. The van der Waals surface area contributed by atoms with E-state index in [1.807, 2.05) is 0 Å². The van der Waals surface area contributed by atoms with E-state index in [0.29, 0.717) is 15.9 Å². The molecule has 0 fully saturated rings. The first-order valence-electron chi connectivity index (χ1n) is 4.22. The molecule has 0 aliphatic rings. The monoisotopic (exact) mass is 373 g/mol. The second kappa shape index (κ2) is 4.58. The van der Waals surface area contributed by atoms with Gasteiger partial charge < -0.3 is 0 Å². The zero-order chi connectivity index (χ0) is 11.9. The summed E-state index contributed by atoms with van der Waals surface area (Å²) in [7, 11) is 0. The fraction of sp³-hybridized carbons (Fsp3) is 0.100. The Morgan fingerprint density at radius 3 is 2.44 bits per heavy atom. The van der Waals surface area contributed by atoms with E-state index in [-0.39, 0.29) is 10.7 Å². The Kier molecular flexibility index (Phi) is 3.51. The molecule has 2 rings (SSSR count). The molecule has 0 spiro atoms. The van der Waals surface area contributed by atoms with Gasteiger partial charge in [-0.05, 0) is 40.8 Å². The van der Waals surface area contributed by atoms with Gasteiger partial charge in [0.1, 0.15) is 5.69 Å². The van der Waals surface area contributed by atoms with E-state index in [1.54, 1.807) is 12.1 Å². The summed E-state index contributed by atoms with van der Waals surface area (Å²) >= 11 is 13.9. The average Bonchev–Trinajstić information content (AvgIpc) is 2.19. The predicted molar refractivity (Wildman–Crippen MR) is 69.4 cm³/mol. The molecule has 0 N–H and O–H groups in total. The van der Waals surface area contributed by atoms with E-state index in [2.05, 4.69) is 27.6 Å². The third-order valence-electron chi connectivity index (χ3n) is 2.02. The molecule has 1 aromatic carbocycles. The van der Waals surface area contributed by atoms with Gasteiger partial charge in [-0.15, -0.1) is 0 Å². The minimum atomic E-state index is -2.66. The van der Waals surface area contributed by atoms with Crippen molar-refractivity contribution >= 4 is 56.7 Å². The van der Waals surface area contributed by atoms with Crippen LogP contribution in [0.25, 0.3) is 10.9 Å². The molecule has 0 saturated carbocycles. The van der Waals surface area contributed by atoms with Crippen molar-refractivity contribution in [3.05, 3.63) is 37.5 Å². The van der Waals surface area contributed by atoms with Crippen molar-refractivity contribution in [2.24, 2.45) is 0 Å². The smallest absolute Gasteiger partial charge is 0.245 e. The zero-order valence-corrected chi connectivity index (χ0v) is 11.3. The van der Waals surface area contributed by atoms with Crippen LogP contribution in [0.5, 0.6) is 0 Å². The van der Waals surface area contributed by atoms with E-state index in [4.69, 9.17) is 23.2 Å². The lowest BCUT2D eigenvalue weighted by Crippen LogP contribution is -1.92.